The van der Waals surface area contributed by atoms with Crippen molar-refractivity contribution in [3.63, 3.8) is 0 Å². The van der Waals surface area contributed by atoms with Gasteiger partial charge in [0.15, 0.2) is 0 Å². The van der Waals surface area contributed by atoms with Gasteiger partial charge >= 0.3 is 0 Å². The summed E-state index contributed by atoms with van der Waals surface area (Å²) in [6.45, 7) is 11.4. The van der Waals surface area contributed by atoms with Crippen LogP contribution in [0.3, 0.4) is 0 Å². The maximum atomic E-state index is 7.33. The van der Waals surface area contributed by atoms with Gasteiger partial charge < -0.3 is 15.5 Å². The van der Waals surface area contributed by atoms with Gasteiger partial charge in [-0.2, -0.15) is 0 Å². The largest absolute Gasteiger partial charge is 0.364 e. The fourth-order valence-corrected chi connectivity index (χ4v) is 3.25. The molecule has 2 N–H and O–H groups in total. The number of alkyl halides is 1. The molecule has 0 saturated heterocycles. The van der Waals surface area contributed by atoms with E-state index in [-0.39, 0.29) is 10.6 Å². The van der Waals surface area contributed by atoms with Gasteiger partial charge in [0.05, 0.1) is 0 Å². The van der Waals surface area contributed by atoms with E-state index in [0.29, 0.717) is 18.8 Å². The molecule has 0 spiro atoms. The molecule has 0 bridgehead atoms. The van der Waals surface area contributed by atoms with Crippen molar-refractivity contribution in [1.82, 2.24) is 5.32 Å². The molecule has 0 heterocycles. The molecule has 0 amide bonds. The third-order valence-corrected chi connectivity index (χ3v) is 4.67. The minimum absolute atomic E-state index is 0.0378. The number of nitrogens with one attached hydrogen (secondary N) is 2. The lowest BCUT2D eigenvalue weighted by atomic mass is 9.93. The highest BCUT2D eigenvalue weighted by molar-refractivity contribution is 9.10. The van der Waals surface area contributed by atoms with Gasteiger partial charge in [0.1, 0.15) is 6.23 Å². The van der Waals surface area contributed by atoms with Crippen LogP contribution in [0, 0.1) is 23.7 Å². The fourth-order valence-electron chi connectivity index (χ4n) is 2.73. The molecule has 0 aliphatic rings. The van der Waals surface area contributed by atoms with Crippen molar-refractivity contribution in [2.24, 2.45) is 5.92 Å². The number of halogens is 1. The lowest BCUT2D eigenvalue weighted by molar-refractivity contribution is 0.0479. The van der Waals surface area contributed by atoms with Crippen molar-refractivity contribution in [2.45, 2.75) is 83.7 Å². The van der Waals surface area contributed by atoms with Crippen LogP contribution in [0.15, 0.2) is 23.4 Å². The van der Waals surface area contributed by atoms with E-state index in [1.807, 2.05) is 6.92 Å². The van der Waals surface area contributed by atoms with Crippen LogP contribution in [0.2, 0.25) is 0 Å². The summed E-state index contributed by atoms with van der Waals surface area (Å²) in [6.07, 6.45) is 17.0. The van der Waals surface area contributed by atoms with E-state index in [1.165, 1.54) is 11.8 Å². The smallest absolute Gasteiger partial charge is 0.124 e. The standard InChI is InChI=1S/C22H37BrN2O/c1-7-9-15-26-20(5)25-19(4)12-11-18(3)16-21(10-8-2)17-22(6,23)13-14-24/h2,12,14,16,18,20,24-25H,7,9-11,13,15,17H2,1,3-6H3/b19-12+,21-16+,24-14?/t18?,20?,22-/m0/s1. The Morgan fingerprint density at radius 1 is 1.42 bits per heavy atom. The zero-order valence-electron chi connectivity index (χ0n) is 17.2. The van der Waals surface area contributed by atoms with Crippen LogP contribution in [0.4, 0.5) is 0 Å². The number of rotatable bonds is 14. The molecule has 3 atom stereocenters. The molecule has 3 nitrogen and oxygen atoms in total. The summed E-state index contributed by atoms with van der Waals surface area (Å²) in [5.74, 6) is 3.17. The molecule has 0 radical (unpaired) electrons. The third-order valence-electron chi connectivity index (χ3n) is 4.07. The highest BCUT2D eigenvalue weighted by atomic mass is 79.9. The van der Waals surface area contributed by atoms with E-state index in [0.717, 1.165) is 38.0 Å². The van der Waals surface area contributed by atoms with E-state index in [9.17, 15) is 0 Å². The summed E-state index contributed by atoms with van der Waals surface area (Å²) in [7, 11) is 0. The van der Waals surface area contributed by atoms with Crippen LogP contribution in [0.25, 0.3) is 0 Å². The SMILES string of the molecule is C#CC/C(=C\C(C)C/C=C(\C)NC(C)OCCCC)C[C@@](C)(Br)CC=N. The Morgan fingerprint density at radius 2 is 2.12 bits per heavy atom. The Balaban J connectivity index is 4.64. The third kappa shape index (κ3) is 13.2. The van der Waals surface area contributed by atoms with Crippen molar-refractivity contribution in [3.05, 3.63) is 23.4 Å². The first-order chi connectivity index (χ1) is 12.2. The first kappa shape index (κ1) is 24.9. The monoisotopic (exact) mass is 424 g/mol. The topological polar surface area (TPSA) is 45.1 Å². The first-order valence-electron chi connectivity index (χ1n) is 9.59. The van der Waals surface area contributed by atoms with Crippen LogP contribution in [0.5, 0.6) is 0 Å². The minimum atomic E-state index is -0.101. The van der Waals surface area contributed by atoms with Crippen molar-refractivity contribution in [2.75, 3.05) is 6.61 Å². The molecule has 0 aliphatic heterocycles. The van der Waals surface area contributed by atoms with Crippen molar-refractivity contribution >= 4 is 22.1 Å². The summed E-state index contributed by atoms with van der Waals surface area (Å²) < 4.78 is 5.62. The molecule has 0 rings (SSSR count). The highest BCUT2D eigenvalue weighted by Gasteiger charge is 2.20. The molecule has 26 heavy (non-hydrogen) atoms. The predicted molar refractivity (Wildman–Crippen MR) is 118 cm³/mol. The van der Waals surface area contributed by atoms with Gasteiger partial charge in [-0.1, -0.05) is 53.9 Å². The van der Waals surface area contributed by atoms with Gasteiger partial charge in [-0.05, 0) is 58.6 Å². The average molecular weight is 425 g/mol. The second kappa shape index (κ2) is 14.1. The lowest BCUT2D eigenvalue weighted by Crippen LogP contribution is -2.27. The normalized spacial score (nSPS) is 17.1. The quantitative estimate of drug-likeness (QED) is 0.0869. The molecule has 0 saturated carbocycles. The zero-order chi connectivity index (χ0) is 20.0. The van der Waals surface area contributed by atoms with Gasteiger partial charge in [0, 0.05) is 23.0 Å². The number of unbranched alkanes of at least 4 members (excludes halogenated alkanes) is 1. The zero-order valence-corrected chi connectivity index (χ0v) is 18.8. The van der Waals surface area contributed by atoms with E-state index in [4.69, 9.17) is 16.6 Å². The number of hydrogen-bond donors (Lipinski definition) is 2. The molecule has 0 fully saturated rings. The van der Waals surface area contributed by atoms with E-state index >= 15 is 0 Å². The predicted octanol–water partition coefficient (Wildman–Crippen LogP) is 6.20. The highest BCUT2D eigenvalue weighted by Crippen LogP contribution is 2.31. The molecular formula is C22H37BrN2O. The molecule has 0 aliphatic carbocycles. The molecule has 2 unspecified atom stereocenters. The second-order valence-corrected chi connectivity index (χ2v) is 9.23. The number of hydrogen-bond acceptors (Lipinski definition) is 3. The van der Waals surface area contributed by atoms with Crippen LogP contribution in [0.1, 0.15) is 73.1 Å². The second-order valence-electron chi connectivity index (χ2n) is 7.32. The molecule has 0 aromatic carbocycles. The van der Waals surface area contributed by atoms with Crippen molar-refractivity contribution < 1.29 is 4.74 Å². The summed E-state index contributed by atoms with van der Waals surface area (Å²) in [5, 5.41) is 10.7. The van der Waals surface area contributed by atoms with Gasteiger partial charge in [-0.25, -0.2) is 0 Å². The fraction of sp³-hybridized carbons (Fsp3) is 0.682. The molecular weight excluding hydrogens is 388 g/mol. The number of terminal acetylenes is 1. The average Bonchev–Trinajstić information content (AvgIpc) is 2.53. The summed E-state index contributed by atoms with van der Waals surface area (Å²) in [5.41, 5.74) is 2.40. The van der Waals surface area contributed by atoms with E-state index in [1.54, 1.807) is 0 Å². The Bertz CT molecular complexity index is 503. The van der Waals surface area contributed by atoms with Gasteiger partial charge in [0.25, 0.3) is 0 Å². The Morgan fingerprint density at radius 3 is 2.69 bits per heavy atom. The van der Waals surface area contributed by atoms with E-state index in [2.05, 4.69) is 67.0 Å². The lowest BCUT2D eigenvalue weighted by Gasteiger charge is -2.22. The number of ether oxygens (including phenoxy) is 1. The molecule has 0 aromatic heterocycles. The maximum Gasteiger partial charge on any atom is 0.124 e. The summed E-state index contributed by atoms with van der Waals surface area (Å²) in [6, 6.07) is 0. The first-order valence-corrected chi connectivity index (χ1v) is 10.4. The molecule has 148 valence electrons. The summed E-state index contributed by atoms with van der Waals surface area (Å²) >= 11 is 3.72. The van der Waals surface area contributed by atoms with Crippen molar-refractivity contribution in [3.8, 4) is 12.3 Å². The Labute approximate surface area is 169 Å². The summed E-state index contributed by atoms with van der Waals surface area (Å²) in [4.78, 5) is 0. The molecule has 4 heteroatoms. The maximum absolute atomic E-state index is 7.33. The van der Waals surface area contributed by atoms with Gasteiger partial charge in [-0.3, -0.25) is 0 Å². The van der Waals surface area contributed by atoms with Crippen LogP contribution in [-0.2, 0) is 4.74 Å². The van der Waals surface area contributed by atoms with Crippen LogP contribution >= 0.6 is 15.9 Å². The van der Waals surface area contributed by atoms with Crippen LogP contribution in [-0.4, -0.2) is 23.4 Å². The van der Waals surface area contributed by atoms with Crippen LogP contribution < -0.4 is 5.32 Å². The van der Waals surface area contributed by atoms with E-state index < -0.39 is 0 Å². The van der Waals surface area contributed by atoms with Gasteiger partial charge in [-0.15, -0.1) is 12.3 Å². The Hall–Kier alpha value is -1.05. The van der Waals surface area contributed by atoms with Crippen molar-refractivity contribution in [1.29, 1.82) is 5.41 Å². The van der Waals surface area contributed by atoms with Gasteiger partial charge in [0.2, 0.25) is 0 Å². The molecule has 0 aromatic rings. The minimum Gasteiger partial charge on any atom is -0.364 e. The Kier molecular flexibility index (Phi) is 13.5. The number of allylic oxidation sites excluding steroid dienone is 4.